The Balaban J connectivity index is 1.79. The van der Waals surface area contributed by atoms with Crippen molar-refractivity contribution in [1.82, 2.24) is 10.1 Å². The predicted octanol–water partition coefficient (Wildman–Crippen LogP) is 2.86. The molecule has 0 unspecified atom stereocenters. The number of benzene rings is 1. The minimum Gasteiger partial charge on any atom is -0.444 e. The number of amides is 2. The van der Waals surface area contributed by atoms with E-state index in [0.29, 0.717) is 28.7 Å². The minimum absolute atomic E-state index is 0.175. The van der Waals surface area contributed by atoms with E-state index in [2.05, 4.69) is 27.3 Å². The molecular weight excluding hydrogens is 348 g/mol. The van der Waals surface area contributed by atoms with Crippen molar-refractivity contribution in [3.63, 3.8) is 0 Å². The Bertz CT molecular complexity index is 979. The quantitative estimate of drug-likeness (QED) is 0.688. The summed E-state index contributed by atoms with van der Waals surface area (Å²) in [5.41, 5.74) is 2.45. The van der Waals surface area contributed by atoms with E-state index in [1.807, 2.05) is 0 Å². The number of anilines is 2. The van der Waals surface area contributed by atoms with Crippen LogP contribution < -0.4 is 10.2 Å². The van der Waals surface area contributed by atoms with Crippen molar-refractivity contribution < 1.29 is 18.8 Å². The van der Waals surface area contributed by atoms with Gasteiger partial charge in [-0.15, -0.1) is 0 Å². The van der Waals surface area contributed by atoms with Gasteiger partial charge in [0.05, 0.1) is 12.7 Å². The smallest absolute Gasteiger partial charge is 0.326 e. The maximum atomic E-state index is 12.9. The van der Waals surface area contributed by atoms with Gasteiger partial charge >= 0.3 is 6.03 Å². The zero-order chi connectivity index (χ0) is 19.2. The van der Waals surface area contributed by atoms with Crippen LogP contribution in [0.1, 0.15) is 22.9 Å². The van der Waals surface area contributed by atoms with Crippen molar-refractivity contribution in [3.05, 3.63) is 59.6 Å². The molecule has 0 bridgehead atoms. The summed E-state index contributed by atoms with van der Waals surface area (Å²) in [6.45, 7) is 3.46. The van der Waals surface area contributed by atoms with Crippen LogP contribution in [0.3, 0.4) is 0 Å². The number of hydrogen-bond donors (Lipinski definition) is 2. The number of carbonyl (C=O) groups is 1. The van der Waals surface area contributed by atoms with Gasteiger partial charge in [0.1, 0.15) is 30.0 Å². The van der Waals surface area contributed by atoms with Crippen molar-refractivity contribution in [2.45, 2.75) is 20.4 Å². The van der Waals surface area contributed by atoms with Crippen LogP contribution >= 0.6 is 0 Å². The lowest BCUT2D eigenvalue weighted by Crippen LogP contribution is -2.34. The molecule has 1 aromatic carbocycles. The van der Waals surface area contributed by atoms with Crippen LogP contribution in [0.5, 0.6) is 0 Å². The molecule has 138 valence electrons. The molecule has 3 aromatic rings. The van der Waals surface area contributed by atoms with E-state index in [1.54, 1.807) is 44.3 Å². The first-order valence-corrected chi connectivity index (χ1v) is 8.17. The zero-order valence-electron chi connectivity index (χ0n) is 14.9. The number of urea groups is 1. The van der Waals surface area contributed by atoms with Crippen LogP contribution in [0, 0.1) is 25.7 Å². The van der Waals surface area contributed by atoms with E-state index in [4.69, 9.17) is 14.0 Å². The molecule has 0 radical (unpaired) electrons. The Labute approximate surface area is 155 Å². The van der Waals surface area contributed by atoms with Crippen LogP contribution in [0.4, 0.5) is 16.2 Å². The fraction of sp³-hybridized carbons (Fsp3) is 0.211. The van der Waals surface area contributed by atoms with E-state index in [0.717, 1.165) is 5.56 Å². The number of oxazole rings is 1. The number of rotatable bonds is 4. The lowest BCUT2D eigenvalue weighted by atomic mass is 10.2. The highest BCUT2D eigenvalue weighted by Crippen LogP contribution is 2.23. The number of nitrogens with one attached hydrogen (secondary N) is 1. The third kappa shape index (κ3) is 4.54. The van der Waals surface area contributed by atoms with Crippen LogP contribution in [0.15, 0.2) is 45.7 Å². The Hall–Kier alpha value is -3.57. The highest BCUT2D eigenvalue weighted by atomic mass is 16.5. The van der Waals surface area contributed by atoms with Gasteiger partial charge in [-0.1, -0.05) is 17.0 Å². The number of nitrogens with zero attached hydrogens (tertiary/aromatic N) is 3. The van der Waals surface area contributed by atoms with E-state index < -0.39 is 0 Å². The van der Waals surface area contributed by atoms with Crippen LogP contribution in [-0.4, -0.2) is 27.9 Å². The predicted molar refractivity (Wildman–Crippen MR) is 98.1 cm³/mol. The summed E-state index contributed by atoms with van der Waals surface area (Å²) in [7, 11) is 0. The average molecular weight is 366 g/mol. The topological polar surface area (TPSA) is 105 Å². The average Bonchev–Trinajstić information content (AvgIpc) is 3.27. The van der Waals surface area contributed by atoms with E-state index >= 15 is 0 Å². The molecule has 0 spiro atoms. The molecule has 3 rings (SSSR count). The van der Waals surface area contributed by atoms with E-state index in [-0.39, 0.29) is 19.2 Å². The second-order valence-corrected chi connectivity index (χ2v) is 5.68. The summed E-state index contributed by atoms with van der Waals surface area (Å²) in [4.78, 5) is 18.4. The lowest BCUT2D eigenvalue weighted by molar-refractivity contribution is 0.256. The Morgan fingerprint density at radius 3 is 2.67 bits per heavy atom. The highest BCUT2D eigenvalue weighted by Gasteiger charge is 2.22. The number of carbonyl (C=O) groups excluding carboxylic acids is 1. The first-order chi connectivity index (χ1) is 13.1. The van der Waals surface area contributed by atoms with Crippen molar-refractivity contribution >= 4 is 17.4 Å². The van der Waals surface area contributed by atoms with Gasteiger partial charge in [0.15, 0.2) is 5.89 Å². The molecule has 0 saturated heterocycles. The molecule has 0 saturated carbocycles. The summed E-state index contributed by atoms with van der Waals surface area (Å²) in [5, 5.41) is 15.4. The normalized spacial score (nSPS) is 10.2. The fourth-order valence-electron chi connectivity index (χ4n) is 2.42. The van der Waals surface area contributed by atoms with Gasteiger partial charge < -0.3 is 19.4 Å². The summed E-state index contributed by atoms with van der Waals surface area (Å²) >= 11 is 0. The van der Waals surface area contributed by atoms with Crippen LogP contribution in [-0.2, 0) is 6.54 Å². The number of aryl methyl sites for hydroxylation is 2. The molecule has 2 heterocycles. The summed E-state index contributed by atoms with van der Waals surface area (Å²) in [6.07, 6.45) is 2.98. The van der Waals surface area contributed by atoms with E-state index in [9.17, 15) is 4.79 Å². The van der Waals surface area contributed by atoms with Gasteiger partial charge in [-0.2, -0.15) is 0 Å². The summed E-state index contributed by atoms with van der Waals surface area (Å²) in [5.74, 6) is 6.43. The lowest BCUT2D eigenvalue weighted by Gasteiger charge is -2.20. The molecule has 0 aliphatic heterocycles. The molecule has 27 heavy (non-hydrogen) atoms. The molecule has 0 aliphatic carbocycles. The largest absolute Gasteiger partial charge is 0.444 e. The minimum atomic E-state index is -0.371. The van der Waals surface area contributed by atoms with Crippen LogP contribution in [0.25, 0.3) is 0 Å². The number of aliphatic hydroxyl groups excluding tert-OH is 1. The second-order valence-electron chi connectivity index (χ2n) is 5.68. The second kappa shape index (κ2) is 8.21. The van der Waals surface area contributed by atoms with Crippen molar-refractivity contribution in [1.29, 1.82) is 0 Å². The molecule has 8 heteroatoms. The molecule has 8 nitrogen and oxygen atoms in total. The van der Waals surface area contributed by atoms with Gasteiger partial charge in [0.25, 0.3) is 0 Å². The highest BCUT2D eigenvalue weighted by molar-refractivity contribution is 6.01. The Morgan fingerprint density at radius 2 is 2.07 bits per heavy atom. The van der Waals surface area contributed by atoms with Crippen molar-refractivity contribution in [3.8, 4) is 11.8 Å². The molecule has 0 atom stereocenters. The Kier molecular flexibility index (Phi) is 5.54. The SMILES string of the molecule is Cc1ncc(CN(C(=O)Nc2ccc(C#CCO)cc2)c2conc2C)o1. The molecule has 2 N–H and O–H groups in total. The van der Waals surface area contributed by atoms with Gasteiger partial charge in [0, 0.05) is 18.2 Å². The fourth-order valence-corrected chi connectivity index (χ4v) is 2.42. The maximum Gasteiger partial charge on any atom is 0.326 e. The number of aliphatic hydroxyl groups is 1. The van der Waals surface area contributed by atoms with Gasteiger partial charge in [-0.3, -0.25) is 4.90 Å². The molecule has 0 aliphatic rings. The zero-order valence-corrected chi connectivity index (χ0v) is 14.9. The van der Waals surface area contributed by atoms with Crippen LogP contribution in [0.2, 0.25) is 0 Å². The summed E-state index contributed by atoms with van der Waals surface area (Å²) < 4.78 is 10.5. The van der Waals surface area contributed by atoms with Gasteiger partial charge in [-0.25, -0.2) is 9.78 Å². The third-order valence-electron chi connectivity index (χ3n) is 3.69. The van der Waals surface area contributed by atoms with E-state index in [1.165, 1.54) is 11.2 Å². The molecule has 0 fully saturated rings. The first kappa shape index (κ1) is 18.2. The molecular formula is C19H18N4O4. The molecule has 2 amide bonds. The van der Waals surface area contributed by atoms with Gasteiger partial charge in [0.2, 0.25) is 0 Å². The molecule has 2 aromatic heterocycles. The maximum absolute atomic E-state index is 12.9. The monoisotopic (exact) mass is 366 g/mol. The summed E-state index contributed by atoms with van der Waals surface area (Å²) in [6, 6.07) is 6.61. The Morgan fingerprint density at radius 1 is 1.30 bits per heavy atom. The van der Waals surface area contributed by atoms with Gasteiger partial charge in [-0.05, 0) is 31.2 Å². The standard InChI is InChI=1S/C19H18N4O4/c1-13-18(12-26-22-13)23(11-17-10-20-14(2)27-17)19(25)21-16-7-5-15(6-8-16)4-3-9-24/h5-8,10,12,24H,9,11H2,1-2H3,(H,21,25). The van der Waals surface area contributed by atoms with Crippen molar-refractivity contribution in [2.24, 2.45) is 0 Å². The number of hydrogen-bond acceptors (Lipinski definition) is 6. The third-order valence-corrected chi connectivity index (χ3v) is 3.69. The van der Waals surface area contributed by atoms with Crippen molar-refractivity contribution in [2.75, 3.05) is 16.8 Å². The number of aromatic nitrogens is 2. The first-order valence-electron chi connectivity index (χ1n) is 8.17.